The van der Waals surface area contributed by atoms with E-state index in [4.69, 9.17) is 23.7 Å². The molecule has 0 radical (unpaired) electrons. The van der Waals surface area contributed by atoms with Gasteiger partial charge >= 0.3 is 11.9 Å². The Hall–Kier alpha value is -3.52. The molecule has 0 aliphatic carbocycles. The Morgan fingerprint density at radius 1 is 0.702 bits per heavy atom. The molecule has 1 aliphatic heterocycles. The number of carbonyl (C=O) groups excluding carboxylic acids is 2. The van der Waals surface area contributed by atoms with Gasteiger partial charge in [0.05, 0.1) is 33.0 Å². The first-order valence-corrected chi connectivity index (χ1v) is 21.0. The molecule has 57 heavy (non-hydrogen) atoms. The van der Waals surface area contributed by atoms with Gasteiger partial charge in [0.2, 0.25) is 0 Å². The standard InChI is InChI=1S/C9H16O2.C8H16O2.C8H14O2.C7H12.C5H10O.C5H10.C5H8.C3H6/c1-4-5-6-7-11-9(10)8(2)3;1-3-8(5-9-4-2)6-10-7-8;1-3-5-6-7-10-8(9)4-2;1-3-5-7-6-4-2;1-3-4-5-6-2;2*1-3-5-4-2;1-3-2/h2,4-7H2,1,3H3;3-7H2,1-2H3;4H,2-3,5-7H2,1H3;3,5,7H,1,4,6H2,2H3;3H,1,4-5H2,2H3;3H,1,4-5H2,2H3;3-5H,1H2,2H3;3H,1H2,2H3/b;;;7-5+;;;5-4+;. The van der Waals surface area contributed by atoms with Gasteiger partial charge in [0, 0.05) is 37.4 Å². The van der Waals surface area contributed by atoms with E-state index >= 15 is 0 Å². The Kier molecular flexibility index (Phi) is 80.4. The molecule has 1 aliphatic rings. The molecule has 0 aromatic carbocycles. The van der Waals surface area contributed by atoms with Crippen LogP contribution in [0.4, 0.5) is 0 Å². The summed E-state index contributed by atoms with van der Waals surface area (Å²) in [6.07, 6.45) is 31.5. The van der Waals surface area contributed by atoms with Gasteiger partial charge in [0.15, 0.2) is 0 Å². The van der Waals surface area contributed by atoms with Gasteiger partial charge in [0.25, 0.3) is 0 Å². The first-order chi connectivity index (χ1) is 27.4. The van der Waals surface area contributed by atoms with Gasteiger partial charge < -0.3 is 23.7 Å². The maximum absolute atomic E-state index is 10.8. The highest BCUT2D eigenvalue weighted by molar-refractivity contribution is 5.86. The number of unbranched alkanes of at least 4 members (excludes halogenated alkanes) is 6. The molecule has 0 spiro atoms. The van der Waals surface area contributed by atoms with E-state index < -0.39 is 0 Å². The van der Waals surface area contributed by atoms with E-state index in [1.165, 1.54) is 31.8 Å². The van der Waals surface area contributed by atoms with E-state index in [0.29, 0.717) is 24.2 Å². The van der Waals surface area contributed by atoms with Gasteiger partial charge in [-0.15, -0.1) is 19.7 Å². The SMILES string of the molecule is C=C(C)C(=O)OCCCCC.C=C/C=C/C.C=C/C=C/CCC.C=CC.C=CC(=O)OCCCCC.C=CCCC.C=CCCOC.CCOCC1(CC)COC1. The lowest BCUT2D eigenvalue weighted by Crippen LogP contribution is -2.45. The first-order valence-electron chi connectivity index (χ1n) is 21.0. The maximum Gasteiger partial charge on any atom is 0.333 e. The molecule has 0 unspecified atom stereocenters. The van der Waals surface area contributed by atoms with E-state index in [0.717, 1.165) is 84.4 Å². The first kappa shape index (κ1) is 68.2. The lowest BCUT2D eigenvalue weighted by Gasteiger charge is -2.40. The van der Waals surface area contributed by atoms with Crippen molar-refractivity contribution in [2.24, 2.45) is 5.41 Å². The van der Waals surface area contributed by atoms with Crippen molar-refractivity contribution < 1.29 is 33.3 Å². The van der Waals surface area contributed by atoms with Gasteiger partial charge in [-0.1, -0.05) is 154 Å². The van der Waals surface area contributed by atoms with Crippen LogP contribution in [0.15, 0.2) is 112 Å². The molecule has 7 nitrogen and oxygen atoms in total. The number of methoxy groups -OCH3 is 1. The summed E-state index contributed by atoms with van der Waals surface area (Å²) in [7, 11) is 1.68. The van der Waals surface area contributed by atoms with Crippen LogP contribution in [0.3, 0.4) is 0 Å². The van der Waals surface area contributed by atoms with Crippen molar-refractivity contribution in [3.63, 3.8) is 0 Å². The van der Waals surface area contributed by atoms with E-state index in [-0.39, 0.29) is 11.9 Å². The van der Waals surface area contributed by atoms with Crippen molar-refractivity contribution in [3.05, 3.63) is 112 Å². The number of rotatable bonds is 23. The summed E-state index contributed by atoms with van der Waals surface area (Å²) in [4.78, 5) is 21.2. The molecule has 334 valence electrons. The van der Waals surface area contributed by atoms with Gasteiger partial charge in [-0.25, -0.2) is 9.59 Å². The zero-order chi connectivity index (χ0) is 45.3. The Morgan fingerprint density at radius 3 is 1.47 bits per heavy atom. The van der Waals surface area contributed by atoms with E-state index in [2.05, 4.69) is 86.7 Å². The Morgan fingerprint density at radius 2 is 1.21 bits per heavy atom. The lowest BCUT2D eigenvalue weighted by atomic mass is 9.84. The van der Waals surface area contributed by atoms with Crippen molar-refractivity contribution >= 4 is 11.9 Å². The summed E-state index contributed by atoms with van der Waals surface area (Å²) in [5, 5.41) is 0. The largest absolute Gasteiger partial charge is 0.463 e. The molecule has 1 heterocycles. The fourth-order valence-electron chi connectivity index (χ4n) is 3.22. The van der Waals surface area contributed by atoms with E-state index in [1.807, 2.05) is 51.2 Å². The summed E-state index contributed by atoms with van der Waals surface area (Å²) in [6.45, 7) is 47.8. The van der Waals surface area contributed by atoms with Crippen LogP contribution in [0.2, 0.25) is 0 Å². The second-order valence-corrected chi connectivity index (χ2v) is 12.5. The summed E-state index contributed by atoms with van der Waals surface area (Å²) < 4.78 is 24.8. The van der Waals surface area contributed by atoms with Crippen LogP contribution >= 0.6 is 0 Å². The minimum absolute atomic E-state index is 0.277. The third-order valence-corrected chi connectivity index (χ3v) is 6.74. The molecular weight excluding hydrogens is 713 g/mol. The van der Waals surface area contributed by atoms with Crippen molar-refractivity contribution in [1.29, 1.82) is 0 Å². The van der Waals surface area contributed by atoms with Gasteiger partial charge in [-0.2, -0.15) is 0 Å². The van der Waals surface area contributed by atoms with Crippen LogP contribution in [-0.2, 0) is 33.3 Å². The van der Waals surface area contributed by atoms with Crippen LogP contribution in [0.1, 0.15) is 139 Å². The molecule has 1 fully saturated rings. The predicted molar refractivity (Wildman–Crippen MR) is 253 cm³/mol. The smallest absolute Gasteiger partial charge is 0.333 e. The Balaban J connectivity index is -0.000000103. The van der Waals surface area contributed by atoms with E-state index in [1.54, 1.807) is 32.3 Å². The minimum Gasteiger partial charge on any atom is -0.463 e. The molecule has 0 saturated carbocycles. The average Bonchev–Trinajstić information content (AvgIpc) is 3.19. The maximum atomic E-state index is 10.8. The topological polar surface area (TPSA) is 80.3 Å². The normalized spacial score (nSPS) is 11.0. The van der Waals surface area contributed by atoms with Gasteiger partial charge in [0.1, 0.15) is 0 Å². The molecule has 0 bridgehead atoms. The van der Waals surface area contributed by atoms with Crippen LogP contribution in [-0.4, -0.2) is 65.3 Å². The number of hydrogen-bond acceptors (Lipinski definition) is 7. The minimum atomic E-state index is -0.323. The number of allylic oxidation sites excluding steroid dienone is 8. The molecule has 0 amide bonds. The van der Waals surface area contributed by atoms with Crippen molar-refractivity contribution in [2.45, 2.75) is 139 Å². The van der Waals surface area contributed by atoms with Crippen LogP contribution in [0.5, 0.6) is 0 Å². The number of carbonyl (C=O) groups is 2. The molecule has 1 saturated heterocycles. The third-order valence-electron chi connectivity index (χ3n) is 6.74. The Labute approximate surface area is 354 Å². The van der Waals surface area contributed by atoms with Crippen LogP contribution < -0.4 is 0 Å². The number of esters is 2. The molecule has 0 atom stereocenters. The summed E-state index contributed by atoms with van der Waals surface area (Å²) in [5.74, 6) is -0.600. The molecule has 0 aromatic heterocycles. The van der Waals surface area contributed by atoms with Crippen molar-refractivity contribution in [3.8, 4) is 0 Å². The molecule has 7 heteroatoms. The second kappa shape index (κ2) is 67.2. The van der Waals surface area contributed by atoms with Gasteiger partial charge in [-0.05, 0) is 66.2 Å². The quantitative estimate of drug-likeness (QED) is 0.0334. The molecule has 1 rings (SSSR count). The Bertz CT molecular complexity index is 937. The van der Waals surface area contributed by atoms with E-state index in [9.17, 15) is 9.59 Å². The van der Waals surface area contributed by atoms with Gasteiger partial charge in [-0.3, -0.25) is 0 Å². The van der Waals surface area contributed by atoms with Crippen LogP contribution in [0, 0.1) is 5.41 Å². The predicted octanol–water partition coefficient (Wildman–Crippen LogP) is 14.3. The number of ether oxygens (including phenoxy) is 5. The summed E-state index contributed by atoms with van der Waals surface area (Å²) in [5.41, 5.74) is 0.845. The second-order valence-electron chi connectivity index (χ2n) is 12.5. The summed E-state index contributed by atoms with van der Waals surface area (Å²) >= 11 is 0. The highest BCUT2D eigenvalue weighted by atomic mass is 16.5. The molecular formula is C50H92O7. The monoisotopic (exact) mass is 805 g/mol. The van der Waals surface area contributed by atoms with Crippen LogP contribution in [0.25, 0.3) is 0 Å². The highest BCUT2D eigenvalue weighted by Gasteiger charge is 2.36. The fourth-order valence-corrected chi connectivity index (χ4v) is 3.22. The third kappa shape index (κ3) is 77.7. The number of hydrogen-bond donors (Lipinski definition) is 0. The lowest BCUT2D eigenvalue weighted by molar-refractivity contribution is -0.149. The molecule has 0 aromatic rings. The zero-order valence-electron chi connectivity index (χ0n) is 39.0. The summed E-state index contributed by atoms with van der Waals surface area (Å²) in [6, 6.07) is 0. The fraction of sp³-hybridized carbons (Fsp3) is 0.600. The zero-order valence-corrected chi connectivity index (χ0v) is 39.0. The highest BCUT2D eigenvalue weighted by Crippen LogP contribution is 2.31. The van der Waals surface area contributed by atoms with Crippen molar-refractivity contribution in [2.75, 3.05) is 53.4 Å². The average molecular weight is 805 g/mol. The molecule has 0 N–H and O–H groups in total. The van der Waals surface area contributed by atoms with Crippen molar-refractivity contribution in [1.82, 2.24) is 0 Å².